The molecule has 174 valence electrons. The molecule has 0 spiro atoms. The van der Waals surface area contributed by atoms with Gasteiger partial charge < -0.3 is 15.5 Å². The van der Waals surface area contributed by atoms with Gasteiger partial charge in [-0.3, -0.25) is 5.32 Å². The maximum atomic E-state index is 4.90. The topological polar surface area (TPSA) is 90.9 Å². The molecule has 3 N–H and O–H groups in total. The zero-order valence-corrected chi connectivity index (χ0v) is 19.7. The highest BCUT2D eigenvalue weighted by atomic mass is 15.2. The molecule has 0 bridgehead atoms. The van der Waals surface area contributed by atoms with E-state index >= 15 is 0 Å². The fourth-order valence-corrected chi connectivity index (χ4v) is 4.90. The molecule has 1 aliphatic heterocycles. The second-order valence-electron chi connectivity index (χ2n) is 9.15. The Labute approximate surface area is 195 Å². The molecule has 8 nitrogen and oxygen atoms in total. The van der Waals surface area contributed by atoms with Gasteiger partial charge >= 0.3 is 0 Å². The monoisotopic (exact) mass is 446 g/mol. The summed E-state index contributed by atoms with van der Waals surface area (Å²) in [6, 6.07) is 6.41. The van der Waals surface area contributed by atoms with Crippen molar-refractivity contribution in [3.05, 3.63) is 40.7 Å². The molecular weight excluding hydrogens is 412 g/mol. The van der Waals surface area contributed by atoms with Crippen LogP contribution in [0.4, 0.5) is 17.7 Å². The molecule has 5 rings (SSSR count). The predicted octanol–water partition coefficient (Wildman–Crippen LogP) is 3.37. The maximum absolute atomic E-state index is 4.90. The van der Waals surface area contributed by atoms with Gasteiger partial charge in [-0.15, -0.1) is 0 Å². The third-order valence-corrected chi connectivity index (χ3v) is 6.63. The molecule has 1 saturated heterocycles. The predicted molar refractivity (Wildman–Crippen MR) is 133 cm³/mol. The lowest BCUT2D eigenvalue weighted by molar-refractivity contribution is 0.240. The van der Waals surface area contributed by atoms with E-state index in [4.69, 9.17) is 9.97 Å². The summed E-state index contributed by atoms with van der Waals surface area (Å²) in [4.78, 5) is 21.3. The number of hydrogen-bond donors (Lipinski definition) is 3. The van der Waals surface area contributed by atoms with Gasteiger partial charge in [-0.1, -0.05) is 12.1 Å². The summed E-state index contributed by atoms with van der Waals surface area (Å²) in [5.41, 5.74) is 5.77. The largest absolute Gasteiger partial charge is 0.370 e. The van der Waals surface area contributed by atoms with Gasteiger partial charge in [0.1, 0.15) is 5.82 Å². The van der Waals surface area contributed by atoms with Crippen molar-refractivity contribution in [1.82, 2.24) is 30.2 Å². The SMILES string of the molecule is Cc1cc(NCCCN2CCNCC2)nc(Nc2nc(C)c3ccc4c(c3n2)CCCC4)n1. The first-order valence-electron chi connectivity index (χ1n) is 12.2. The molecule has 0 unspecified atom stereocenters. The minimum Gasteiger partial charge on any atom is -0.370 e. The molecule has 3 heterocycles. The van der Waals surface area contributed by atoms with Crippen LogP contribution in [-0.4, -0.2) is 64.1 Å². The fourth-order valence-electron chi connectivity index (χ4n) is 4.90. The van der Waals surface area contributed by atoms with Crippen LogP contribution in [0.3, 0.4) is 0 Å². The molecule has 2 aromatic heterocycles. The van der Waals surface area contributed by atoms with Crippen molar-refractivity contribution in [3.63, 3.8) is 0 Å². The van der Waals surface area contributed by atoms with E-state index in [0.717, 1.165) is 86.6 Å². The summed E-state index contributed by atoms with van der Waals surface area (Å²) >= 11 is 0. The smallest absolute Gasteiger partial charge is 0.231 e. The number of hydrogen-bond acceptors (Lipinski definition) is 8. The third-order valence-electron chi connectivity index (χ3n) is 6.63. The van der Waals surface area contributed by atoms with Gasteiger partial charge in [-0.25, -0.2) is 15.0 Å². The number of nitrogens with one attached hydrogen (secondary N) is 3. The van der Waals surface area contributed by atoms with Crippen molar-refractivity contribution >= 4 is 28.6 Å². The Balaban J connectivity index is 1.29. The second kappa shape index (κ2) is 9.97. The van der Waals surface area contributed by atoms with Gasteiger partial charge in [0.2, 0.25) is 11.9 Å². The van der Waals surface area contributed by atoms with E-state index < -0.39 is 0 Å². The second-order valence-corrected chi connectivity index (χ2v) is 9.15. The Morgan fingerprint density at radius 1 is 0.970 bits per heavy atom. The van der Waals surface area contributed by atoms with Gasteiger partial charge in [0.15, 0.2) is 0 Å². The zero-order valence-electron chi connectivity index (χ0n) is 19.7. The van der Waals surface area contributed by atoms with Gasteiger partial charge in [0.05, 0.1) is 11.2 Å². The van der Waals surface area contributed by atoms with Crippen LogP contribution in [0.2, 0.25) is 0 Å². The van der Waals surface area contributed by atoms with Crippen molar-refractivity contribution in [2.24, 2.45) is 0 Å². The fraction of sp³-hybridized carbons (Fsp3) is 0.520. The van der Waals surface area contributed by atoms with Crippen LogP contribution in [0.15, 0.2) is 18.2 Å². The molecule has 1 fully saturated rings. The maximum Gasteiger partial charge on any atom is 0.231 e. The minimum absolute atomic E-state index is 0.531. The first-order valence-corrected chi connectivity index (χ1v) is 12.2. The number of rotatable bonds is 7. The van der Waals surface area contributed by atoms with E-state index in [9.17, 15) is 0 Å². The van der Waals surface area contributed by atoms with E-state index in [1.807, 2.05) is 19.9 Å². The summed E-state index contributed by atoms with van der Waals surface area (Å²) in [5.74, 6) is 1.93. The molecule has 1 aliphatic carbocycles. The molecule has 8 heteroatoms. The van der Waals surface area contributed by atoms with Gasteiger partial charge in [0.25, 0.3) is 0 Å². The Morgan fingerprint density at radius 3 is 2.67 bits per heavy atom. The lowest BCUT2D eigenvalue weighted by Crippen LogP contribution is -2.44. The lowest BCUT2D eigenvalue weighted by Gasteiger charge is -2.27. The highest BCUT2D eigenvalue weighted by Gasteiger charge is 2.16. The van der Waals surface area contributed by atoms with E-state index in [2.05, 4.69) is 43.0 Å². The van der Waals surface area contributed by atoms with Gasteiger partial charge in [-0.2, -0.15) is 4.98 Å². The number of aryl methyl sites for hydroxylation is 4. The number of benzene rings is 1. The van der Waals surface area contributed by atoms with E-state index in [-0.39, 0.29) is 0 Å². The van der Waals surface area contributed by atoms with E-state index in [1.165, 1.54) is 24.0 Å². The number of aromatic nitrogens is 4. The molecule has 1 aromatic carbocycles. The molecule has 3 aromatic rings. The van der Waals surface area contributed by atoms with Crippen molar-refractivity contribution in [2.45, 2.75) is 46.0 Å². The van der Waals surface area contributed by atoms with Crippen molar-refractivity contribution < 1.29 is 0 Å². The summed E-state index contributed by atoms with van der Waals surface area (Å²) in [5, 5.41) is 11.3. The van der Waals surface area contributed by atoms with Crippen LogP contribution in [0.1, 0.15) is 41.8 Å². The summed E-state index contributed by atoms with van der Waals surface area (Å²) in [6.07, 6.45) is 5.80. The third kappa shape index (κ3) is 5.23. The molecular formula is C25H34N8. The Bertz CT molecular complexity index is 1120. The molecule has 0 radical (unpaired) electrons. The first-order chi connectivity index (χ1) is 16.2. The van der Waals surface area contributed by atoms with Crippen molar-refractivity contribution in [2.75, 3.05) is 49.9 Å². The van der Waals surface area contributed by atoms with Gasteiger partial charge in [0, 0.05) is 49.9 Å². The number of fused-ring (bicyclic) bond motifs is 3. The van der Waals surface area contributed by atoms with Crippen LogP contribution < -0.4 is 16.0 Å². The highest BCUT2D eigenvalue weighted by molar-refractivity contribution is 5.86. The Hall–Kier alpha value is -2.84. The average molecular weight is 447 g/mol. The van der Waals surface area contributed by atoms with Crippen LogP contribution in [0, 0.1) is 13.8 Å². The normalized spacial score (nSPS) is 16.5. The minimum atomic E-state index is 0.531. The summed E-state index contributed by atoms with van der Waals surface area (Å²) in [6.45, 7) is 10.5. The first kappa shape index (κ1) is 22.0. The lowest BCUT2D eigenvalue weighted by atomic mass is 9.89. The zero-order chi connectivity index (χ0) is 22.6. The standard InChI is InChI=1S/C25H34N8/c1-17-16-22(27-10-5-13-33-14-11-26-12-15-33)30-24(28-17)32-25-29-18(2)20-9-8-19-6-3-4-7-21(19)23(20)31-25/h8-9,16,26H,3-7,10-15H2,1-2H3,(H2,27,28,29,30,31,32). The van der Waals surface area contributed by atoms with E-state index in [0.29, 0.717) is 11.9 Å². The molecule has 2 aliphatic rings. The van der Waals surface area contributed by atoms with Crippen molar-refractivity contribution in [3.8, 4) is 0 Å². The molecule has 0 amide bonds. The van der Waals surface area contributed by atoms with Crippen molar-refractivity contribution in [1.29, 1.82) is 0 Å². The molecule has 0 saturated carbocycles. The molecule has 0 atom stereocenters. The molecule has 33 heavy (non-hydrogen) atoms. The Morgan fingerprint density at radius 2 is 1.79 bits per heavy atom. The summed E-state index contributed by atoms with van der Waals surface area (Å²) < 4.78 is 0. The Kier molecular flexibility index (Phi) is 6.64. The number of anilines is 3. The van der Waals surface area contributed by atoms with Crippen LogP contribution >= 0.6 is 0 Å². The number of nitrogens with zero attached hydrogens (tertiary/aromatic N) is 5. The average Bonchev–Trinajstić information content (AvgIpc) is 2.82. The number of piperazine rings is 1. The quantitative estimate of drug-likeness (QED) is 0.476. The van der Waals surface area contributed by atoms with E-state index in [1.54, 1.807) is 0 Å². The van der Waals surface area contributed by atoms with Crippen LogP contribution in [0.25, 0.3) is 10.9 Å². The highest BCUT2D eigenvalue weighted by Crippen LogP contribution is 2.30. The van der Waals surface area contributed by atoms with Gasteiger partial charge in [-0.05, 0) is 63.6 Å². The van der Waals surface area contributed by atoms with Crippen LogP contribution in [0.5, 0.6) is 0 Å². The summed E-state index contributed by atoms with van der Waals surface area (Å²) in [7, 11) is 0. The van der Waals surface area contributed by atoms with Crippen LogP contribution in [-0.2, 0) is 12.8 Å².